The van der Waals surface area contributed by atoms with Gasteiger partial charge in [0.25, 0.3) is 0 Å². The fourth-order valence-electron chi connectivity index (χ4n) is 2.14. The summed E-state index contributed by atoms with van der Waals surface area (Å²) in [5.41, 5.74) is 0. The average Bonchev–Trinajstić information content (AvgIpc) is 2.29. The fourth-order valence-corrected chi connectivity index (χ4v) is 2.14. The Balaban J connectivity index is 2.01. The first kappa shape index (κ1) is 10.4. The summed E-state index contributed by atoms with van der Waals surface area (Å²) in [6.07, 6.45) is 3.66. The summed E-state index contributed by atoms with van der Waals surface area (Å²) in [6, 6.07) is 5.00. The highest BCUT2D eigenvalue weighted by Gasteiger charge is 2.18. The van der Waals surface area contributed by atoms with Crippen molar-refractivity contribution in [1.29, 1.82) is 0 Å². The molecule has 0 N–H and O–H groups in total. The summed E-state index contributed by atoms with van der Waals surface area (Å²) < 4.78 is 12.9. The molecule has 1 saturated heterocycles. The molecule has 2 heterocycles. The van der Waals surface area contributed by atoms with E-state index in [1.165, 1.54) is 25.3 Å². The molecule has 0 amide bonds. The first-order valence-corrected chi connectivity index (χ1v) is 5.67. The molecule has 0 aliphatic carbocycles. The lowest BCUT2D eigenvalue weighted by atomic mass is 9.94. The van der Waals surface area contributed by atoms with Crippen LogP contribution in [0.1, 0.15) is 26.2 Å². The molecule has 2 nitrogen and oxygen atoms in total. The van der Waals surface area contributed by atoms with Gasteiger partial charge in [-0.2, -0.15) is 4.39 Å². The smallest absolute Gasteiger partial charge is 0.214 e. The molecular formula is C12H17FN2. The lowest BCUT2D eigenvalue weighted by molar-refractivity contribution is 0.393. The molecule has 0 radical (unpaired) electrons. The third kappa shape index (κ3) is 2.46. The molecule has 0 saturated carbocycles. The van der Waals surface area contributed by atoms with E-state index in [0.717, 1.165) is 24.8 Å². The number of rotatable bonds is 2. The van der Waals surface area contributed by atoms with Crippen LogP contribution in [-0.4, -0.2) is 18.1 Å². The summed E-state index contributed by atoms with van der Waals surface area (Å²) in [7, 11) is 0. The molecule has 1 aliphatic rings. The molecule has 82 valence electrons. The van der Waals surface area contributed by atoms with Crippen molar-refractivity contribution in [2.24, 2.45) is 5.92 Å². The van der Waals surface area contributed by atoms with Gasteiger partial charge in [0.1, 0.15) is 5.82 Å². The molecule has 0 bridgehead atoms. The molecule has 15 heavy (non-hydrogen) atoms. The standard InChI is InChI=1S/C12H17FN2/c1-2-10-6-8-15(9-7-10)12-5-3-4-11(13)14-12/h3-5,10H,2,6-9H2,1H3. The van der Waals surface area contributed by atoms with Crippen molar-refractivity contribution in [2.45, 2.75) is 26.2 Å². The second kappa shape index (κ2) is 4.60. The van der Waals surface area contributed by atoms with Crippen LogP contribution in [0.5, 0.6) is 0 Å². The molecule has 0 unspecified atom stereocenters. The highest BCUT2D eigenvalue weighted by Crippen LogP contribution is 2.23. The van der Waals surface area contributed by atoms with E-state index in [0.29, 0.717) is 0 Å². The maximum atomic E-state index is 12.9. The SMILES string of the molecule is CCC1CCN(c2cccc(F)n2)CC1. The van der Waals surface area contributed by atoms with Gasteiger partial charge in [0, 0.05) is 13.1 Å². The average molecular weight is 208 g/mol. The van der Waals surface area contributed by atoms with Gasteiger partial charge in [0.2, 0.25) is 5.95 Å². The van der Waals surface area contributed by atoms with Crippen molar-refractivity contribution in [3.63, 3.8) is 0 Å². The van der Waals surface area contributed by atoms with Crippen molar-refractivity contribution >= 4 is 5.82 Å². The van der Waals surface area contributed by atoms with Gasteiger partial charge in [-0.3, -0.25) is 0 Å². The highest BCUT2D eigenvalue weighted by molar-refractivity contribution is 5.38. The van der Waals surface area contributed by atoms with Crippen LogP contribution in [0.25, 0.3) is 0 Å². The zero-order chi connectivity index (χ0) is 10.7. The lowest BCUT2D eigenvalue weighted by Gasteiger charge is -2.32. The Labute approximate surface area is 90.1 Å². The Morgan fingerprint density at radius 1 is 1.40 bits per heavy atom. The van der Waals surface area contributed by atoms with Gasteiger partial charge in [-0.1, -0.05) is 19.4 Å². The minimum absolute atomic E-state index is 0.384. The number of hydrogen-bond donors (Lipinski definition) is 0. The topological polar surface area (TPSA) is 16.1 Å². The largest absolute Gasteiger partial charge is 0.357 e. The normalized spacial score (nSPS) is 18.1. The summed E-state index contributed by atoms with van der Waals surface area (Å²) in [5, 5.41) is 0. The molecular weight excluding hydrogens is 191 g/mol. The van der Waals surface area contributed by atoms with E-state index >= 15 is 0 Å². The van der Waals surface area contributed by atoms with E-state index in [2.05, 4.69) is 16.8 Å². The van der Waals surface area contributed by atoms with Gasteiger partial charge >= 0.3 is 0 Å². The van der Waals surface area contributed by atoms with E-state index in [9.17, 15) is 4.39 Å². The number of anilines is 1. The number of pyridine rings is 1. The van der Waals surface area contributed by atoms with Gasteiger partial charge in [0.05, 0.1) is 0 Å². The molecule has 1 aromatic heterocycles. The van der Waals surface area contributed by atoms with Crippen LogP contribution < -0.4 is 4.90 Å². The number of halogens is 1. The second-order valence-corrected chi connectivity index (χ2v) is 4.16. The van der Waals surface area contributed by atoms with E-state index in [-0.39, 0.29) is 5.95 Å². The summed E-state index contributed by atoms with van der Waals surface area (Å²) in [6.45, 7) is 4.25. The first-order valence-electron chi connectivity index (χ1n) is 5.67. The quantitative estimate of drug-likeness (QED) is 0.695. The van der Waals surface area contributed by atoms with Crippen molar-refractivity contribution in [3.05, 3.63) is 24.1 Å². The Hall–Kier alpha value is -1.12. The Kier molecular flexibility index (Phi) is 3.19. The molecule has 0 aromatic carbocycles. The second-order valence-electron chi connectivity index (χ2n) is 4.16. The van der Waals surface area contributed by atoms with Crippen molar-refractivity contribution in [3.8, 4) is 0 Å². The molecule has 3 heteroatoms. The Bertz CT molecular complexity index is 319. The van der Waals surface area contributed by atoms with Crippen molar-refractivity contribution < 1.29 is 4.39 Å². The number of aromatic nitrogens is 1. The third-order valence-corrected chi connectivity index (χ3v) is 3.22. The zero-order valence-electron chi connectivity index (χ0n) is 9.12. The van der Waals surface area contributed by atoms with E-state index in [1.807, 2.05) is 6.07 Å². The maximum absolute atomic E-state index is 12.9. The molecule has 0 atom stereocenters. The fraction of sp³-hybridized carbons (Fsp3) is 0.583. The lowest BCUT2D eigenvalue weighted by Crippen LogP contribution is -2.34. The van der Waals surface area contributed by atoms with Gasteiger partial charge in [-0.25, -0.2) is 4.98 Å². The minimum Gasteiger partial charge on any atom is -0.357 e. The minimum atomic E-state index is -0.384. The Morgan fingerprint density at radius 3 is 2.73 bits per heavy atom. The molecule has 1 aromatic rings. The molecule has 1 aliphatic heterocycles. The number of piperidine rings is 1. The first-order chi connectivity index (χ1) is 7.29. The van der Waals surface area contributed by atoms with Gasteiger partial charge in [-0.15, -0.1) is 0 Å². The highest BCUT2D eigenvalue weighted by atomic mass is 19.1. The van der Waals surface area contributed by atoms with Crippen LogP contribution in [0.15, 0.2) is 18.2 Å². The molecule has 1 fully saturated rings. The molecule has 2 rings (SSSR count). The predicted molar refractivity (Wildman–Crippen MR) is 59.4 cm³/mol. The summed E-state index contributed by atoms with van der Waals surface area (Å²) >= 11 is 0. The van der Waals surface area contributed by atoms with Crippen molar-refractivity contribution in [2.75, 3.05) is 18.0 Å². The summed E-state index contributed by atoms with van der Waals surface area (Å²) in [4.78, 5) is 6.08. The van der Waals surface area contributed by atoms with Crippen LogP contribution in [0.3, 0.4) is 0 Å². The monoisotopic (exact) mass is 208 g/mol. The van der Waals surface area contributed by atoms with Gasteiger partial charge in [0.15, 0.2) is 0 Å². The van der Waals surface area contributed by atoms with Gasteiger partial charge in [-0.05, 0) is 30.9 Å². The van der Waals surface area contributed by atoms with E-state index < -0.39 is 0 Å². The predicted octanol–water partition coefficient (Wildman–Crippen LogP) is 2.85. The van der Waals surface area contributed by atoms with Crippen LogP contribution in [-0.2, 0) is 0 Å². The van der Waals surface area contributed by atoms with Crippen molar-refractivity contribution in [1.82, 2.24) is 4.98 Å². The number of hydrogen-bond acceptors (Lipinski definition) is 2. The number of nitrogens with zero attached hydrogens (tertiary/aromatic N) is 2. The summed E-state index contributed by atoms with van der Waals surface area (Å²) in [5.74, 6) is 1.24. The molecule has 0 spiro atoms. The van der Waals surface area contributed by atoms with E-state index in [4.69, 9.17) is 0 Å². The van der Waals surface area contributed by atoms with Crippen LogP contribution in [0.2, 0.25) is 0 Å². The van der Waals surface area contributed by atoms with Crippen LogP contribution in [0, 0.1) is 11.9 Å². The van der Waals surface area contributed by atoms with Crippen LogP contribution in [0.4, 0.5) is 10.2 Å². The van der Waals surface area contributed by atoms with E-state index in [1.54, 1.807) is 6.07 Å². The van der Waals surface area contributed by atoms with Gasteiger partial charge < -0.3 is 4.90 Å². The van der Waals surface area contributed by atoms with Crippen LogP contribution >= 0.6 is 0 Å². The third-order valence-electron chi connectivity index (χ3n) is 3.22. The Morgan fingerprint density at radius 2 is 2.13 bits per heavy atom. The zero-order valence-corrected chi connectivity index (χ0v) is 9.12. The maximum Gasteiger partial charge on any atom is 0.214 e.